The molecule has 3 rings (SSSR count). The van der Waals surface area contributed by atoms with Gasteiger partial charge in [0.15, 0.2) is 17.1 Å². The van der Waals surface area contributed by atoms with E-state index in [9.17, 15) is 4.79 Å². The van der Waals surface area contributed by atoms with E-state index < -0.39 is 6.10 Å². The monoisotopic (exact) mass is 506 g/mol. The van der Waals surface area contributed by atoms with Gasteiger partial charge in [0.25, 0.3) is 0 Å². The molecule has 2 aromatic carbocycles. The van der Waals surface area contributed by atoms with Gasteiger partial charge in [-0.1, -0.05) is 53.2 Å². The minimum atomic E-state index is -0.447. The molecule has 0 aliphatic carbocycles. The van der Waals surface area contributed by atoms with Gasteiger partial charge in [0.2, 0.25) is 5.91 Å². The van der Waals surface area contributed by atoms with Gasteiger partial charge >= 0.3 is 0 Å². The first kappa shape index (κ1) is 25.0. The van der Waals surface area contributed by atoms with Crippen molar-refractivity contribution in [3.8, 4) is 11.5 Å². The van der Waals surface area contributed by atoms with Crippen LogP contribution in [-0.2, 0) is 11.3 Å². The number of nitrogens with zero attached hydrogens (tertiary/aromatic N) is 3. The number of halogens is 2. The van der Waals surface area contributed by atoms with Gasteiger partial charge in [-0.25, -0.2) is 0 Å². The Morgan fingerprint density at radius 1 is 1.24 bits per heavy atom. The zero-order valence-electron chi connectivity index (χ0n) is 18.3. The second-order valence-corrected chi connectivity index (χ2v) is 8.63. The van der Waals surface area contributed by atoms with Crippen molar-refractivity contribution in [1.29, 1.82) is 0 Å². The largest absolute Gasteiger partial charge is 0.492 e. The Balaban J connectivity index is 1.69. The Hall–Kier alpha value is -2.68. The van der Waals surface area contributed by atoms with E-state index in [4.69, 9.17) is 32.7 Å². The van der Waals surface area contributed by atoms with Crippen LogP contribution in [-0.4, -0.2) is 33.0 Å². The van der Waals surface area contributed by atoms with E-state index in [0.717, 1.165) is 0 Å². The highest BCUT2D eigenvalue weighted by Crippen LogP contribution is 2.32. The fourth-order valence-corrected chi connectivity index (χ4v) is 4.20. The van der Waals surface area contributed by atoms with Crippen LogP contribution in [0.4, 0.5) is 5.69 Å². The standard InChI is InChI=1S/C23H24Cl2N4O3S/c1-4-12-29-22(15(3)32-19-11-10-16(24)13-17(19)25)27-28-23(29)33-14-21(30)26-18-8-6-7-9-20(18)31-5-2/h4,6-11,13,15H,1,5,12,14H2,2-3H3,(H,26,30). The number of allylic oxidation sites excluding steroid dienone is 1. The Labute approximate surface area is 207 Å². The smallest absolute Gasteiger partial charge is 0.234 e. The summed E-state index contributed by atoms with van der Waals surface area (Å²) in [5, 5.41) is 12.9. The summed E-state index contributed by atoms with van der Waals surface area (Å²) in [6.45, 7) is 8.52. The average molecular weight is 507 g/mol. The van der Waals surface area contributed by atoms with Crippen molar-refractivity contribution in [2.24, 2.45) is 0 Å². The van der Waals surface area contributed by atoms with E-state index >= 15 is 0 Å². The number of hydrogen-bond donors (Lipinski definition) is 1. The summed E-state index contributed by atoms with van der Waals surface area (Å²) < 4.78 is 13.4. The van der Waals surface area contributed by atoms with Crippen LogP contribution in [0.25, 0.3) is 0 Å². The van der Waals surface area contributed by atoms with Gasteiger partial charge in [-0.2, -0.15) is 0 Å². The van der Waals surface area contributed by atoms with Crippen molar-refractivity contribution >= 4 is 46.6 Å². The van der Waals surface area contributed by atoms with Crippen molar-refractivity contribution in [2.75, 3.05) is 17.7 Å². The van der Waals surface area contributed by atoms with Crippen LogP contribution in [0.1, 0.15) is 25.8 Å². The lowest BCUT2D eigenvalue weighted by Crippen LogP contribution is -2.16. The number of aromatic nitrogens is 3. The normalized spacial score (nSPS) is 11.6. The van der Waals surface area contributed by atoms with Crippen molar-refractivity contribution in [1.82, 2.24) is 14.8 Å². The van der Waals surface area contributed by atoms with Crippen molar-refractivity contribution in [3.63, 3.8) is 0 Å². The van der Waals surface area contributed by atoms with Crippen LogP contribution >= 0.6 is 35.0 Å². The van der Waals surface area contributed by atoms with E-state index in [1.54, 1.807) is 30.3 Å². The molecule has 0 aliphatic rings. The zero-order chi connectivity index (χ0) is 23.8. The minimum Gasteiger partial charge on any atom is -0.492 e. The molecule has 1 aromatic heterocycles. The first-order valence-electron chi connectivity index (χ1n) is 10.2. The molecule has 10 heteroatoms. The highest BCUT2D eigenvalue weighted by atomic mass is 35.5. The van der Waals surface area contributed by atoms with E-state index in [-0.39, 0.29) is 11.7 Å². The van der Waals surface area contributed by atoms with E-state index in [1.807, 2.05) is 36.6 Å². The number of ether oxygens (including phenoxy) is 2. The lowest BCUT2D eigenvalue weighted by molar-refractivity contribution is -0.113. The quantitative estimate of drug-likeness (QED) is 0.252. The summed E-state index contributed by atoms with van der Waals surface area (Å²) in [4.78, 5) is 12.5. The number of hydrogen-bond acceptors (Lipinski definition) is 6. The highest BCUT2D eigenvalue weighted by molar-refractivity contribution is 7.99. The Morgan fingerprint density at radius 3 is 2.76 bits per heavy atom. The fourth-order valence-electron chi connectivity index (χ4n) is 2.99. The predicted octanol–water partition coefficient (Wildman–Crippen LogP) is 6.04. The first-order valence-corrected chi connectivity index (χ1v) is 12.0. The number of carbonyl (C=O) groups is 1. The maximum Gasteiger partial charge on any atom is 0.234 e. The first-order chi connectivity index (χ1) is 15.9. The van der Waals surface area contributed by atoms with Crippen LogP contribution in [0.3, 0.4) is 0 Å². The zero-order valence-corrected chi connectivity index (χ0v) is 20.6. The number of anilines is 1. The molecule has 1 atom stereocenters. The second kappa shape index (κ2) is 12.0. The number of nitrogens with one attached hydrogen (secondary N) is 1. The fraction of sp³-hybridized carbons (Fsp3) is 0.261. The van der Waals surface area contributed by atoms with Crippen LogP contribution < -0.4 is 14.8 Å². The van der Waals surface area contributed by atoms with Gasteiger partial charge in [-0.15, -0.1) is 16.8 Å². The summed E-state index contributed by atoms with van der Waals surface area (Å²) in [6, 6.07) is 12.3. The molecule has 174 valence electrons. The van der Waals surface area contributed by atoms with Crippen LogP contribution in [0.15, 0.2) is 60.3 Å². The number of benzene rings is 2. The highest BCUT2D eigenvalue weighted by Gasteiger charge is 2.21. The van der Waals surface area contributed by atoms with Gasteiger partial charge in [0.1, 0.15) is 11.5 Å². The van der Waals surface area contributed by atoms with E-state index in [2.05, 4.69) is 22.1 Å². The SMILES string of the molecule is C=CCn1c(SCC(=O)Nc2ccccc2OCC)nnc1C(C)Oc1ccc(Cl)cc1Cl. The predicted molar refractivity (Wildman–Crippen MR) is 133 cm³/mol. The molecule has 1 heterocycles. The number of rotatable bonds is 11. The molecule has 3 aromatic rings. The molecule has 1 N–H and O–H groups in total. The van der Waals surface area contributed by atoms with Crippen LogP contribution in [0.2, 0.25) is 10.0 Å². The van der Waals surface area contributed by atoms with Gasteiger partial charge in [-0.3, -0.25) is 9.36 Å². The van der Waals surface area contributed by atoms with Crippen LogP contribution in [0.5, 0.6) is 11.5 Å². The van der Waals surface area contributed by atoms with E-state index in [0.29, 0.717) is 51.4 Å². The summed E-state index contributed by atoms with van der Waals surface area (Å²) in [5.74, 6) is 1.67. The minimum absolute atomic E-state index is 0.147. The summed E-state index contributed by atoms with van der Waals surface area (Å²) in [5.41, 5.74) is 0.625. The molecule has 0 bridgehead atoms. The Morgan fingerprint density at radius 2 is 2.03 bits per heavy atom. The van der Waals surface area contributed by atoms with Crippen LogP contribution in [0, 0.1) is 0 Å². The number of para-hydroxylation sites is 2. The molecule has 1 unspecified atom stereocenters. The van der Waals surface area contributed by atoms with Gasteiger partial charge in [0, 0.05) is 11.6 Å². The molecule has 0 spiro atoms. The third-order valence-electron chi connectivity index (χ3n) is 4.41. The third kappa shape index (κ3) is 6.66. The molecule has 0 aliphatic heterocycles. The molecule has 33 heavy (non-hydrogen) atoms. The molecule has 0 radical (unpaired) electrons. The summed E-state index contributed by atoms with van der Waals surface area (Å²) in [6.07, 6.45) is 1.29. The Kier molecular flexibility index (Phi) is 9.05. The summed E-state index contributed by atoms with van der Waals surface area (Å²) >= 11 is 13.5. The topological polar surface area (TPSA) is 78.3 Å². The van der Waals surface area contributed by atoms with Gasteiger partial charge in [-0.05, 0) is 44.2 Å². The molecule has 0 saturated heterocycles. The molecular formula is C23H24Cl2N4O3S. The molecular weight excluding hydrogens is 483 g/mol. The molecule has 1 amide bonds. The third-order valence-corrected chi connectivity index (χ3v) is 5.91. The summed E-state index contributed by atoms with van der Waals surface area (Å²) in [7, 11) is 0. The Bertz CT molecular complexity index is 1120. The van der Waals surface area contributed by atoms with Crippen molar-refractivity contribution in [2.45, 2.75) is 31.7 Å². The lowest BCUT2D eigenvalue weighted by atomic mass is 10.3. The second-order valence-electron chi connectivity index (χ2n) is 6.84. The average Bonchev–Trinajstić information content (AvgIpc) is 3.19. The van der Waals surface area contributed by atoms with Gasteiger partial charge in [0.05, 0.1) is 23.1 Å². The molecule has 0 saturated carbocycles. The van der Waals surface area contributed by atoms with Crippen molar-refractivity contribution < 1.29 is 14.3 Å². The number of amides is 1. The van der Waals surface area contributed by atoms with E-state index in [1.165, 1.54) is 11.8 Å². The van der Waals surface area contributed by atoms with Gasteiger partial charge < -0.3 is 14.8 Å². The number of carbonyl (C=O) groups excluding carboxylic acids is 1. The number of thioether (sulfide) groups is 1. The maximum absolute atomic E-state index is 12.5. The van der Waals surface area contributed by atoms with Crippen molar-refractivity contribution in [3.05, 3.63) is 71.0 Å². The lowest BCUT2D eigenvalue weighted by Gasteiger charge is -2.16. The molecule has 0 fully saturated rings. The molecule has 7 nitrogen and oxygen atoms in total. The maximum atomic E-state index is 12.5.